The summed E-state index contributed by atoms with van der Waals surface area (Å²) in [6.45, 7) is 0.685. The molecule has 0 unspecified atom stereocenters. The minimum absolute atomic E-state index is 0.117. The number of hydrogen-bond donors (Lipinski definition) is 2. The maximum Gasteiger partial charge on any atom is 0.166 e. The molecule has 17 heavy (non-hydrogen) atoms. The van der Waals surface area contributed by atoms with Crippen molar-refractivity contribution in [2.45, 2.75) is 25.7 Å². The van der Waals surface area contributed by atoms with Crippen LogP contribution in [-0.4, -0.2) is 23.2 Å². The van der Waals surface area contributed by atoms with Crippen LogP contribution >= 0.6 is 11.6 Å². The Morgan fingerprint density at radius 2 is 2.18 bits per heavy atom. The van der Waals surface area contributed by atoms with Gasteiger partial charge in [0.25, 0.3) is 0 Å². The van der Waals surface area contributed by atoms with Gasteiger partial charge in [-0.25, -0.2) is 9.37 Å². The number of halogens is 2. The Bertz CT molecular complexity index is 394. The zero-order valence-corrected chi connectivity index (χ0v) is 10.3. The number of aliphatic hydroxyl groups is 1. The smallest absolute Gasteiger partial charge is 0.166 e. The molecule has 1 aliphatic carbocycles. The van der Waals surface area contributed by atoms with Gasteiger partial charge in [-0.1, -0.05) is 24.4 Å². The summed E-state index contributed by atoms with van der Waals surface area (Å²) in [5, 5.41) is 12.7. The normalized spacial score (nSPS) is 18.3. The van der Waals surface area contributed by atoms with Crippen LogP contribution in [0.3, 0.4) is 0 Å². The molecule has 2 N–H and O–H groups in total. The van der Waals surface area contributed by atoms with Gasteiger partial charge in [0.15, 0.2) is 11.6 Å². The number of nitrogens with zero attached hydrogens (tertiary/aromatic N) is 1. The highest BCUT2D eigenvalue weighted by molar-refractivity contribution is 6.30. The first-order valence-corrected chi connectivity index (χ1v) is 6.19. The molecule has 1 heterocycles. The molecule has 0 radical (unpaired) electrons. The predicted octanol–water partition coefficient (Wildman–Crippen LogP) is 2.84. The lowest BCUT2D eigenvalue weighted by atomic mass is 9.87. The summed E-state index contributed by atoms with van der Waals surface area (Å²) in [6.07, 6.45) is 5.61. The van der Waals surface area contributed by atoms with Crippen molar-refractivity contribution in [2.75, 3.05) is 18.5 Å². The van der Waals surface area contributed by atoms with Gasteiger partial charge in [0.05, 0.1) is 11.6 Å². The van der Waals surface area contributed by atoms with E-state index in [2.05, 4.69) is 10.3 Å². The molecule has 94 valence electrons. The minimum Gasteiger partial charge on any atom is -0.396 e. The Kier molecular flexibility index (Phi) is 3.84. The molecular formula is C12H16ClFN2O. The molecule has 1 saturated carbocycles. The van der Waals surface area contributed by atoms with Gasteiger partial charge in [0.1, 0.15) is 0 Å². The Labute approximate surface area is 105 Å². The first-order chi connectivity index (χ1) is 8.15. The zero-order valence-electron chi connectivity index (χ0n) is 9.55. The summed E-state index contributed by atoms with van der Waals surface area (Å²) < 4.78 is 13.5. The van der Waals surface area contributed by atoms with Crippen LogP contribution in [0.2, 0.25) is 5.02 Å². The molecule has 0 saturated heterocycles. The minimum atomic E-state index is -0.455. The van der Waals surface area contributed by atoms with Gasteiger partial charge in [0.2, 0.25) is 0 Å². The van der Waals surface area contributed by atoms with Crippen LogP contribution in [0.15, 0.2) is 12.3 Å². The van der Waals surface area contributed by atoms with E-state index in [0.717, 1.165) is 25.7 Å². The van der Waals surface area contributed by atoms with E-state index in [1.54, 1.807) is 0 Å². The van der Waals surface area contributed by atoms with Crippen molar-refractivity contribution in [1.29, 1.82) is 0 Å². The molecule has 0 atom stereocenters. The zero-order chi connectivity index (χ0) is 12.3. The van der Waals surface area contributed by atoms with Gasteiger partial charge in [0, 0.05) is 18.2 Å². The highest BCUT2D eigenvalue weighted by Gasteiger charge is 2.33. The van der Waals surface area contributed by atoms with E-state index in [9.17, 15) is 9.50 Å². The third-order valence-corrected chi connectivity index (χ3v) is 3.64. The maximum absolute atomic E-state index is 13.5. The topological polar surface area (TPSA) is 45.1 Å². The molecule has 5 heteroatoms. The van der Waals surface area contributed by atoms with Gasteiger partial charge in [-0.05, 0) is 18.9 Å². The fourth-order valence-electron chi connectivity index (χ4n) is 2.33. The van der Waals surface area contributed by atoms with Crippen molar-refractivity contribution < 1.29 is 9.50 Å². The van der Waals surface area contributed by atoms with E-state index in [1.165, 1.54) is 12.3 Å². The van der Waals surface area contributed by atoms with Crippen molar-refractivity contribution >= 4 is 17.4 Å². The third kappa shape index (κ3) is 2.87. The second-order valence-corrected chi connectivity index (χ2v) is 5.14. The Hall–Kier alpha value is -0.870. The van der Waals surface area contributed by atoms with Gasteiger partial charge in [-0.15, -0.1) is 0 Å². The predicted molar refractivity (Wildman–Crippen MR) is 65.7 cm³/mol. The SMILES string of the molecule is OCC1(CNc2ncc(Cl)cc2F)CCCC1. The standard InChI is InChI=1S/C12H16ClFN2O/c13-9-5-10(14)11(15-6-9)16-7-12(8-17)3-1-2-4-12/h5-6,17H,1-4,7-8H2,(H,15,16). The first kappa shape index (κ1) is 12.6. The molecule has 1 fully saturated rings. The van der Waals surface area contributed by atoms with Crippen molar-refractivity contribution in [2.24, 2.45) is 5.41 Å². The maximum atomic E-state index is 13.5. The lowest BCUT2D eigenvalue weighted by Crippen LogP contribution is -2.31. The van der Waals surface area contributed by atoms with Crippen molar-refractivity contribution in [3.8, 4) is 0 Å². The van der Waals surface area contributed by atoms with E-state index in [4.69, 9.17) is 11.6 Å². The van der Waals surface area contributed by atoms with Crippen LogP contribution in [0.5, 0.6) is 0 Å². The summed E-state index contributed by atoms with van der Waals surface area (Å²) in [5.74, 6) is -0.252. The van der Waals surface area contributed by atoms with Crippen molar-refractivity contribution in [3.63, 3.8) is 0 Å². The van der Waals surface area contributed by atoms with Crippen LogP contribution in [0.25, 0.3) is 0 Å². The molecule has 0 aliphatic heterocycles. The molecule has 0 bridgehead atoms. The van der Waals surface area contributed by atoms with Gasteiger partial charge in [-0.3, -0.25) is 0 Å². The summed E-state index contributed by atoms with van der Waals surface area (Å²) in [6, 6.07) is 1.23. The third-order valence-electron chi connectivity index (χ3n) is 3.44. The molecule has 1 aliphatic rings. The van der Waals surface area contributed by atoms with Crippen LogP contribution < -0.4 is 5.32 Å². The van der Waals surface area contributed by atoms with Crippen LogP contribution in [0.4, 0.5) is 10.2 Å². The van der Waals surface area contributed by atoms with Gasteiger partial charge in [-0.2, -0.15) is 0 Å². The second-order valence-electron chi connectivity index (χ2n) is 4.70. The van der Waals surface area contributed by atoms with E-state index in [-0.39, 0.29) is 22.9 Å². The van der Waals surface area contributed by atoms with E-state index < -0.39 is 5.82 Å². The van der Waals surface area contributed by atoms with Gasteiger partial charge >= 0.3 is 0 Å². The highest BCUT2D eigenvalue weighted by atomic mass is 35.5. The van der Waals surface area contributed by atoms with E-state index >= 15 is 0 Å². The summed E-state index contributed by atoms with van der Waals surface area (Å²) in [7, 11) is 0. The summed E-state index contributed by atoms with van der Waals surface area (Å²) >= 11 is 5.63. The van der Waals surface area contributed by atoms with E-state index in [0.29, 0.717) is 6.54 Å². The lowest BCUT2D eigenvalue weighted by molar-refractivity contribution is 0.142. The van der Waals surface area contributed by atoms with Crippen LogP contribution in [0, 0.1) is 11.2 Å². The number of anilines is 1. The molecule has 0 spiro atoms. The number of rotatable bonds is 4. The average molecular weight is 259 g/mol. The number of aromatic nitrogens is 1. The molecule has 3 nitrogen and oxygen atoms in total. The first-order valence-electron chi connectivity index (χ1n) is 5.81. The summed E-state index contributed by atoms with van der Waals surface area (Å²) in [4.78, 5) is 3.90. The molecular weight excluding hydrogens is 243 g/mol. The largest absolute Gasteiger partial charge is 0.396 e. The lowest BCUT2D eigenvalue weighted by Gasteiger charge is -2.26. The fraction of sp³-hybridized carbons (Fsp3) is 0.583. The monoisotopic (exact) mass is 258 g/mol. The molecule has 0 aromatic carbocycles. The number of aliphatic hydroxyl groups excluding tert-OH is 1. The van der Waals surface area contributed by atoms with Crippen molar-refractivity contribution in [3.05, 3.63) is 23.1 Å². The quantitative estimate of drug-likeness (QED) is 0.873. The Morgan fingerprint density at radius 1 is 1.47 bits per heavy atom. The average Bonchev–Trinajstić information content (AvgIpc) is 2.77. The van der Waals surface area contributed by atoms with Gasteiger partial charge < -0.3 is 10.4 Å². The molecule has 0 amide bonds. The highest BCUT2D eigenvalue weighted by Crippen LogP contribution is 2.37. The van der Waals surface area contributed by atoms with E-state index in [1.807, 2.05) is 0 Å². The Balaban J connectivity index is 2.01. The Morgan fingerprint density at radius 3 is 2.76 bits per heavy atom. The fourth-order valence-corrected chi connectivity index (χ4v) is 2.48. The summed E-state index contributed by atoms with van der Waals surface area (Å²) in [5.41, 5.74) is -0.117. The number of nitrogens with one attached hydrogen (secondary N) is 1. The molecule has 1 aromatic heterocycles. The number of hydrogen-bond acceptors (Lipinski definition) is 3. The molecule has 2 rings (SSSR count). The van der Waals surface area contributed by atoms with Crippen LogP contribution in [0.1, 0.15) is 25.7 Å². The number of pyridine rings is 1. The second kappa shape index (κ2) is 5.19. The molecule has 1 aromatic rings. The van der Waals surface area contributed by atoms with Crippen LogP contribution in [-0.2, 0) is 0 Å². The van der Waals surface area contributed by atoms with Crippen molar-refractivity contribution in [1.82, 2.24) is 4.98 Å².